The van der Waals surface area contributed by atoms with Crippen molar-refractivity contribution in [2.75, 3.05) is 0 Å². The first-order chi connectivity index (χ1) is 9.33. The Hall–Kier alpha value is -2.00. The zero-order chi connectivity index (χ0) is 12.8. The summed E-state index contributed by atoms with van der Waals surface area (Å²) in [6, 6.07) is 16.7. The average molecular weight is 265 g/mol. The minimum Gasteiger partial charge on any atom is -0.440 e. The fourth-order valence-electron chi connectivity index (χ4n) is 2.41. The third kappa shape index (κ3) is 1.62. The predicted molar refractivity (Wildman–Crippen MR) is 76.2 cm³/mol. The van der Waals surface area contributed by atoms with Gasteiger partial charge in [-0.15, -0.1) is 0 Å². The van der Waals surface area contributed by atoms with Crippen LogP contribution in [0.15, 0.2) is 62.7 Å². The lowest BCUT2D eigenvalue weighted by atomic mass is 10.1. The molecule has 92 valence electrons. The summed E-state index contributed by atoms with van der Waals surface area (Å²) >= 11 is 1.77. The van der Waals surface area contributed by atoms with Gasteiger partial charge in [0.15, 0.2) is 11.7 Å². The standard InChI is InChI=1S/C16H11NOS/c1-10-17-15-11-6-2-4-8-13(11)19-14-9-5-3-7-12(14)16(15)18-10/h2-9H,1H3. The van der Waals surface area contributed by atoms with Gasteiger partial charge in [0.25, 0.3) is 0 Å². The van der Waals surface area contributed by atoms with E-state index in [4.69, 9.17) is 4.42 Å². The van der Waals surface area contributed by atoms with E-state index < -0.39 is 0 Å². The first-order valence-electron chi connectivity index (χ1n) is 6.17. The van der Waals surface area contributed by atoms with Crippen LogP contribution < -0.4 is 0 Å². The number of fused-ring (bicyclic) bond motifs is 5. The molecule has 0 aliphatic carbocycles. The van der Waals surface area contributed by atoms with Gasteiger partial charge in [-0.1, -0.05) is 48.2 Å². The van der Waals surface area contributed by atoms with Crippen molar-refractivity contribution in [1.82, 2.24) is 4.98 Å². The monoisotopic (exact) mass is 265 g/mol. The molecule has 3 aromatic rings. The van der Waals surface area contributed by atoms with Crippen LogP contribution in [-0.2, 0) is 0 Å². The summed E-state index contributed by atoms with van der Waals surface area (Å²) in [6.45, 7) is 1.90. The summed E-state index contributed by atoms with van der Waals surface area (Å²) in [7, 11) is 0. The highest BCUT2D eigenvalue weighted by Gasteiger charge is 2.23. The maximum Gasteiger partial charge on any atom is 0.192 e. The molecule has 0 N–H and O–H groups in total. The maximum absolute atomic E-state index is 5.84. The molecule has 2 nitrogen and oxygen atoms in total. The summed E-state index contributed by atoms with van der Waals surface area (Å²) in [4.78, 5) is 7.01. The van der Waals surface area contributed by atoms with Gasteiger partial charge in [-0.25, -0.2) is 4.98 Å². The van der Waals surface area contributed by atoms with Crippen molar-refractivity contribution in [3.63, 3.8) is 0 Å². The van der Waals surface area contributed by atoms with Crippen molar-refractivity contribution in [2.45, 2.75) is 16.7 Å². The van der Waals surface area contributed by atoms with E-state index in [1.165, 1.54) is 9.79 Å². The summed E-state index contributed by atoms with van der Waals surface area (Å²) < 4.78 is 5.84. The predicted octanol–water partition coefficient (Wildman–Crippen LogP) is 4.78. The van der Waals surface area contributed by atoms with Crippen LogP contribution in [0, 0.1) is 6.92 Å². The molecule has 19 heavy (non-hydrogen) atoms. The fraction of sp³-hybridized carbons (Fsp3) is 0.0625. The molecular weight excluding hydrogens is 254 g/mol. The molecule has 0 atom stereocenters. The Balaban J connectivity index is 2.12. The van der Waals surface area contributed by atoms with Crippen molar-refractivity contribution < 1.29 is 4.42 Å². The third-order valence-electron chi connectivity index (χ3n) is 3.23. The van der Waals surface area contributed by atoms with Gasteiger partial charge in [0.2, 0.25) is 0 Å². The molecule has 4 rings (SSSR count). The Morgan fingerprint density at radius 3 is 2.32 bits per heavy atom. The SMILES string of the molecule is Cc1nc2c(o1)-c1ccccc1Sc1ccccc1-2. The Kier molecular flexibility index (Phi) is 2.29. The number of aryl methyl sites for hydroxylation is 1. The van der Waals surface area contributed by atoms with Crippen LogP contribution in [0.5, 0.6) is 0 Å². The molecule has 0 spiro atoms. The quantitative estimate of drug-likeness (QED) is 0.457. The molecule has 2 aromatic carbocycles. The van der Waals surface area contributed by atoms with Gasteiger partial charge in [-0.2, -0.15) is 0 Å². The van der Waals surface area contributed by atoms with Crippen molar-refractivity contribution in [3.05, 3.63) is 54.4 Å². The van der Waals surface area contributed by atoms with E-state index >= 15 is 0 Å². The molecule has 0 unspecified atom stereocenters. The minimum absolute atomic E-state index is 0.710. The van der Waals surface area contributed by atoms with Gasteiger partial charge in [-0.05, 0) is 12.1 Å². The molecule has 0 bridgehead atoms. The van der Waals surface area contributed by atoms with Crippen molar-refractivity contribution >= 4 is 11.8 Å². The van der Waals surface area contributed by atoms with Crippen LogP contribution in [0.1, 0.15) is 5.89 Å². The number of nitrogens with zero attached hydrogens (tertiary/aromatic N) is 1. The van der Waals surface area contributed by atoms with Crippen LogP contribution >= 0.6 is 11.8 Å². The van der Waals surface area contributed by atoms with E-state index in [1.54, 1.807) is 11.8 Å². The van der Waals surface area contributed by atoms with Gasteiger partial charge in [-0.3, -0.25) is 0 Å². The summed E-state index contributed by atoms with van der Waals surface area (Å²) in [5, 5.41) is 0. The first kappa shape index (κ1) is 10.9. The van der Waals surface area contributed by atoms with E-state index in [-0.39, 0.29) is 0 Å². The fourth-order valence-corrected chi connectivity index (χ4v) is 3.48. The minimum atomic E-state index is 0.710. The molecule has 0 saturated heterocycles. The van der Waals surface area contributed by atoms with E-state index in [9.17, 15) is 0 Å². The number of oxazole rings is 1. The number of rotatable bonds is 0. The molecule has 2 heterocycles. The second-order valence-corrected chi connectivity index (χ2v) is 5.59. The van der Waals surface area contributed by atoms with Gasteiger partial charge < -0.3 is 4.42 Å². The molecule has 0 radical (unpaired) electrons. The Bertz CT molecular complexity index is 713. The maximum atomic E-state index is 5.84. The van der Waals surface area contributed by atoms with Gasteiger partial charge in [0.1, 0.15) is 5.69 Å². The Labute approximate surface area is 115 Å². The molecule has 1 aromatic heterocycles. The van der Waals surface area contributed by atoms with Crippen molar-refractivity contribution in [1.29, 1.82) is 0 Å². The summed E-state index contributed by atoms with van der Waals surface area (Å²) in [6.07, 6.45) is 0. The average Bonchev–Trinajstić information content (AvgIpc) is 2.76. The van der Waals surface area contributed by atoms with Crippen LogP contribution in [0.25, 0.3) is 22.6 Å². The highest BCUT2D eigenvalue weighted by Crippen LogP contribution is 2.47. The zero-order valence-electron chi connectivity index (χ0n) is 10.4. The smallest absolute Gasteiger partial charge is 0.192 e. The van der Waals surface area contributed by atoms with Crippen molar-refractivity contribution in [2.24, 2.45) is 0 Å². The van der Waals surface area contributed by atoms with E-state index in [1.807, 2.05) is 19.1 Å². The molecule has 1 aliphatic heterocycles. The number of hydrogen-bond donors (Lipinski definition) is 0. The van der Waals surface area contributed by atoms with E-state index in [2.05, 4.69) is 41.4 Å². The van der Waals surface area contributed by atoms with Crippen LogP contribution in [0.3, 0.4) is 0 Å². The third-order valence-corrected chi connectivity index (χ3v) is 4.38. The van der Waals surface area contributed by atoms with E-state index in [0.717, 1.165) is 22.6 Å². The van der Waals surface area contributed by atoms with Gasteiger partial charge in [0.05, 0.1) is 0 Å². The first-order valence-corrected chi connectivity index (χ1v) is 6.98. The topological polar surface area (TPSA) is 26.0 Å². The van der Waals surface area contributed by atoms with Crippen molar-refractivity contribution in [3.8, 4) is 22.6 Å². The molecule has 0 amide bonds. The molecule has 1 aliphatic rings. The summed E-state index contributed by atoms with van der Waals surface area (Å²) in [5.41, 5.74) is 3.22. The second-order valence-electron chi connectivity index (χ2n) is 4.50. The van der Waals surface area contributed by atoms with Crippen LogP contribution in [-0.4, -0.2) is 4.98 Å². The lowest BCUT2D eigenvalue weighted by Crippen LogP contribution is -1.82. The summed E-state index contributed by atoms with van der Waals surface area (Å²) in [5.74, 6) is 1.59. The lowest BCUT2D eigenvalue weighted by molar-refractivity contribution is 0.533. The molecule has 0 fully saturated rings. The Morgan fingerprint density at radius 2 is 1.53 bits per heavy atom. The number of benzene rings is 2. The molecular formula is C16H11NOS. The van der Waals surface area contributed by atoms with Gasteiger partial charge >= 0.3 is 0 Å². The van der Waals surface area contributed by atoms with Gasteiger partial charge in [0, 0.05) is 27.8 Å². The normalized spacial score (nSPS) is 12.3. The van der Waals surface area contributed by atoms with Crippen LogP contribution in [0.4, 0.5) is 0 Å². The lowest BCUT2D eigenvalue weighted by Gasteiger charge is -2.04. The van der Waals surface area contributed by atoms with E-state index in [0.29, 0.717) is 5.89 Å². The second kappa shape index (κ2) is 4.00. The highest BCUT2D eigenvalue weighted by molar-refractivity contribution is 7.99. The highest BCUT2D eigenvalue weighted by atomic mass is 32.2. The van der Waals surface area contributed by atoms with Crippen LogP contribution in [0.2, 0.25) is 0 Å². The number of hydrogen-bond acceptors (Lipinski definition) is 3. The number of aromatic nitrogens is 1. The Morgan fingerprint density at radius 1 is 0.895 bits per heavy atom. The zero-order valence-corrected chi connectivity index (χ0v) is 11.2. The molecule has 3 heteroatoms. The largest absolute Gasteiger partial charge is 0.440 e. The molecule has 0 saturated carbocycles.